The molecule has 0 aliphatic heterocycles. The Kier molecular flexibility index (Phi) is 6.88. The van der Waals surface area contributed by atoms with Crippen molar-refractivity contribution in [2.45, 2.75) is 45.9 Å². The van der Waals surface area contributed by atoms with Crippen LogP contribution in [0.5, 0.6) is 0 Å². The minimum atomic E-state index is -0.409. The molecule has 8 nitrogen and oxygen atoms in total. The van der Waals surface area contributed by atoms with Crippen molar-refractivity contribution in [1.82, 2.24) is 19.3 Å². The zero-order valence-corrected chi connectivity index (χ0v) is 19.6. The molecule has 0 radical (unpaired) electrons. The standard InChI is InChI=1S/C26H29N5O3/c1-17(2)34-15-9-14-31-23(27)20(25(32)28-18(3)19-10-5-4-6-11-19)16-21-24(31)29-22-12-7-8-13-30(22)26(21)33/h4-8,10-13,16-18,27H,9,14-15H2,1-3H3,(H,28,32)/t18-/m1/s1. The smallest absolute Gasteiger partial charge is 0.267 e. The third kappa shape index (κ3) is 4.77. The Balaban J connectivity index is 1.80. The van der Waals surface area contributed by atoms with Crippen molar-refractivity contribution >= 4 is 22.6 Å². The minimum absolute atomic E-state index is 0.0157. The summed E-state index contributed by atoms with van der Waals surface area (Å²) >= 11 is 0. The minimum Gasteiger partial charge on any atom is -0.379 e. The number of hydrogen-bond acceptors (Lipinski definition) is 5. The molecular weight excluding hydrogens is 430 g/mol. The van der Waals surface area contributed by atoms with Crippen LogP contribution < -0.4 is 16.4 Å². The van der Waals surface area contributed by atoms with Gasteiger partial charge in [0.05, 0.1) is 23.1 Å². The number of hydrogen-bond donors (Lipinski definition) is 2. The molecule has 176 valence electrons. The summed E-state index contributed by atoms with van der Waals surface area (Å²) in [5, 5.41) is 12.1. The number of carbonyl (C=O) groups excluding carboxylic acids is 1. The molecule has 4 rings (SSSR count). The second-order valence-electron chi connectivity index (χ2n) is 8.52. The first-order valence-electron chi connectivity index (χ1n) is 11.4. The van der Waals surface area contributed by atoms with Crippen molar-refractivity contribution in [3.63, 3.8) is 0 Å². The molecule has 1 aromatic carbocycles. The van der Waals surface area contributed by atoms with Crippen LogP contribution in [0, 0.1) is 5.41 Å². The molecule has 1 amide bonds. The average molecular weight is 460 g/mol. The molecule has 0 aliphatic carbocycles. The predicted octanol–water partition coefficient (Wildman–Crippen LogP) is 3.43. The van der Waals surface area contributed by atoms with Gasteiger partial charge in [-0.05, 0) is 51.0 Å². The van der Waals surface area contributed by atoms with Gasteiger partial charge < -0.3 is 14.6 Å². The summed E-state index contributed by atoms with van der Waals surface area (Å²) in [6.45, 7) is 6.71. The Bertz CT molecular complexity index is 1440. The normalized spacial score (nSPS) is 12.4. The van der Waals surface area contributed by atoms with Gasteiger partial charge in [-0.15, -0.1) is 0 Å². The number of amides is 1. The lowest BCUT2D eigenvalue weighted by atomic mass is 10.1. The first kappa shape index (κ1) is 23.4. The Morgan fingerprint density at radius 1 is 1.12 bits per heavy atom. The topological polar surface area (TPSA) is 101 Å². The van der Waals surface area contributed by atoms with Gasteiger partial charge in [-0.25, -0.2) is 4.98 Å². The average Bonchev–Trinajstić information content (AvgIpc) is 2.83. The largest absolute Gasteiger partial charge is 0.379 e. The quantitative estimate of drug-likeness (QED) is 0.311. The third-order valence-corrected chi connectivity index (χ3v) is 5.69. The molecular formula is C26H29N5O3. The lowest BCUT2D eigenvalue weighted by molar-refractivity contribution is 0.0748. The summed E-state index contributed by atoms with van der Waals surface area (Å²) in [6, 6.07) is 16.2. The number of carbonyl (C=O) groups is 1. The SMILES string of the molecule is CC(C)OCCCn1c(=N)c(C(=O)N[C@H](C)c2ccccc2)cc2c(=O)n3ccccc3nc21. The molecule has 0 bridgehead atoms. The summed E-state index contributed by atoms with van der Waals surface area (Å²) in [4.78, 5) is 31.2. The number of rotatable bonds is 8. The van der Waals surface area contributed by atoms with E-state index in [0.29, 0.717) is 36.3 Å². The van der Waals surface area contributed by atoms with Gasteiger partial charge in [0.2, 0.25) is 0 Å². The molecule has 0 saturated carbocycles. The molecule has 0 unspecified atom stereocenters. The van der Waals surface area contributed by atoms with E-state index >= 15 is 0 Å². The molecule has 2 N–H and O–H groups in total. The summed E-state index contributed by atoms with van der Waals surface area (Å²) < 4.78 is 8.73. The molecule has 0 fully saturated rings. The Hall–Kier alpha value is -3.78. The number of benzene rings is 1. The molecule has 1 atom stereocenters. The van der Waals surface area contributed by atoms with Crippen LogP contribution in [0.1, 0.15) is 49.2 Å². The molecule has 34 heavy (non-hydrogen) atoms. The van der Waals surface area contributed by atoms with E-state index in [9.17, 15) is 9.59 Å². The zero-order chi connectivity index (χ0) is 24.2. The van der Waals surface area contributed by atoms with Crippen molar-refractivity contribution in [1.29, 1.82) is 5.41 Å². The molecule has 8 heteroatoms. The van der Waals surface area contributed by atoms with E-state index in [-0.39, 0.29) is 28.8 Å². The van der Waals surface area contributed by atoms with E-state index in [1.54, 1.807) is 22.9 Å². The number of nitrogens with zero attached hydrogens (tertiary/aromatic N) is 3. The fourth-order valence-electron chi connectivity index (χ4n) is 3.92. The lowest BCUT2D eigenvalue weighted by Crippen LogP contribution is -2.36. The fourth-order valence-corrected chi connectivity index (χ4v) is 3.92. The highest BCUT2D eigenvalue weighted by Gasteiger charge is 2.19. The van der Waals surface area contributed by atoms with Crippen LogP contribution in [-0.4, -0.2) is 32.6 Å². The second kappa shape index (κ2) is 10.0. The van der Waals surface area contributed by atoms with Gasteiger partial charge >= 0.3 is 0 Å². The highest BCUT2D eigenvalue weighted by Crippen LogP contribution is 2.14. The summed E-state index contributed by atoms with van der Waals surface area (Å²) in [5.41, 5.74) is 1.70. The first-order valence-corrected chi connectivity index (χ1v) is 11.4. The van der Waals surface area contributed by atoms with Crippen molar-refractivity contribution in [2.24, 2.45) is 0 Å². The molecule has 0 aliphatic rings. The maximum absolute atomic E-state index is 13.3. The van der Waals surface area contributed by atoms with E-state index < -0.39 is 5.91 Å². The van der Waals surface area contributed by atoms with E-state index in [0.717, 1.165) is 5.56 Å². The number of pyridine rings is 2. The fraction of sp³-hybridized carbons (Fsp3) is 0.308. The van der Waals surface area contributed by atoms with Crippen LogP contribution in [0.4, 0.5) is 0 Å². The highest BCUT2D eigenvalue weighted by molar-refractivity contribution is 5.97. The number of nitrogens with one attached hydrogen (secondary N) is 2. The van der Waals surface area contributed by atoms with E-state index in [1.165, 1.54) is 10.5 Å². The number of fused-ring (bicyclic) bond motifs is 2. The molecule has 3 heterocycles. The number of aromatic nitrogens is 3. The van der Waals surface area contributed by atoms with Gasteiger partial charge in [0.1, 0.15) is 16.8 Å². The van der Waals surface area contributed by atoms with Gasteiger partial charge in [-0.2, -0.15) is 0 Å². The van der Waals surface area contributed by atoms with E-state index in [2.05, 4.69) is 10.3 Å². The monoisotopic (exact) mass is 459 g/mol. The molecule has 4 aromatic rings. The Labute approximate surface area is 197 Å². The van der Waals surface area contributed by atoms with Crippen LogP contribution in [-0.2, 0) is 11.3 Å². The number of ether oxygens (including phenoxy) is 1. The second-order valence-corrected chi connectivity index (χ2v) is 8.52. The van der Waals surface area contributed by atoms with Crippen LogP contribution in [0.15, 0.2) is 65.6 Å². The summed E-state index contributed by atoms with van der Waals surface area (Å²) in [5.74, 6) is -0.409. The first-order chi connectivity index (χ1) is 16.4. The van der Waals surface area contributed by atoms with Gasteiger partial charge in [-0.3, -0.25) is 19.4 Å². The van der Waals surface area contributed by atoms with Gasteiger partial charge in [0, 0.05) is 19.3 Å². The highest BCUT2D eigenvalue weighted by atomic mass is 16.5. The van der Waals surface area contributed by atoms with Gasteiger partial charge in [0.25, 0.3) is 11.5 Å². The van der Waals surface area contributed by atoms with Crippen LogP contribution in [0.3, 0.4) is 0 Å². The van der Waals surface area contributed by atoms with Crippen molar-refractivity contribution < 1.29 is 9.53 Å². The molecule has 0 spiro atoms. The Morgan fingerprint density at radius 3 is 2.59 bits per heavy atom. The molecule has 0 saturated heterocycles. The predicted molar refractivity (Wildman–Crippen MR) is 131 cm³/mol. The summed E-state index contributed by atoms with van der Waals surface area (Å²) in [7, 11) is 0. The zero-order valence-electron chi connectivity index (χ0n) is 19.6. The van der Waals surface area contributed by atoms with Crippen LogP contribution in [0.2, 0.25) is 0 Å². The van der Waals surface area contributed by atoms with Crippen molar-refractivity contribution in [2.75, 3.05) is 6.61 Å². The third-order valence-electron chi connectivity index (χ3n) is 5.69. The van der Waals surface area contributed by atoms with Crippen LogP contribution >= 0.6 is 0 Å². The van der Waals surface area contributed by atoms with Gasteiger partial charge in [0.15, 0.2) is 0 Å². The van der Waals surface area contributed by atoms with Crippen LogP contribution in [0.25, 0.3) is 16.7 Å². The maximum atomic E-state index is 13.3. The van der Waals surface area contributed by atoms with Crippen molar-refractivity contribution in [3.05, 3.63) is 87.8 Å². The maximum Gasteiger partial charge on any atom is 0.267 e. The van der Waals surface area contributed by atoms with E-state index in [4.69, 9.17) is 10.1 Å². The number of aryl methyl sites for hydroxylation is 1. The van der Waals surface area contributed by atoms with Gasteiger partial charge in [-0.1, -0.05) is 36.4 Å². The molecule has 3 aromatic heterocycles. The lowest BCUT2D eigenvalue weighted by Gasteiger charge is -2.17. The Morgan fingerprint density at radius 2 is 1.85 bits per heavy atom. The van der Waals surface area contributed by atoms with Crippen molar-refractivity contribution in [3.8, 4) is 0 Å². The summed E-state index contributed by atoms with van der Waals surface area (Å²) in [6.07, 6.45) is 2.36. The van der Waals surface area contributed by atoms with E-state index in [1.807, 2.05) is 57.2 Å².